The lowest BCUT2D eigenvalue weighted by atomic mass is 10.0. The first-order valence-electron chi connectivity index (χ1n) is 9.46. The summed E-state index contributed by atoms with van der Waals surface area (Å²) in [6.07, 6.45) is 3.63. The Kier molecular flexibility index (Phi) is 5.65. The van der Waals surface area contributed by atoms with Crippen molar-refractivity contribution >= 4 is 46.4 Å². The van der Waals surface area contributed by atoms with Crippen LogP contribution in [0.5, 0.6) is 0 Å². The third kappa shape index (κ3) is 4.18. The van der Waals surface area contributed by atoms with Gasteiger partial charge in [-0.05, 0) is 37.5 Å². The second-order valence-corrected chi connectivity index (χ2v) is 8.19. The van der Waals surface area contributed by atoms with E-state index >= 15 is 0 Å². The molecule has 29 heavy (non-hydrogen) atoms. The minimum absolute atomic E-state index is 0.0124. The second-order valence-electron chi connectivity index (χ2n) is 7.31. The van der Waals surface area contributed by atoms with Crippen LogP contribution in [0.15, 0.2) is 24.5 Å². The highest BCUT2D eigenvalue weighted by Crippen LogP contribution is 2.29. The van der Waals surface area contributed by atoms with E-state index in [1.54, 1.807) is 18.2 Å². The standard InChI is InChI=1S/C19H21Cl2FN6O/c20-11-6-12(21)8-13(7-11)26-15-3-5-28(19(15)29)14-2-1-4-27(9-14)18-16(22)17(23)24-10-25-18/h6-8,10,14-15,26H,1-5,9H2,(H2,23,24,25)/t14?,15-/m1/s1. The average Bonchev–Trinajstić information content (AvgIpc) is 3.04. The van der Waals surface area contributed by atoms with Crippen LogP contribution in [0, 0.1) is 5.82 Å². The molecule has 1 aromatic carbocycles. The molecule has 1 amide bonds. The summed E-state index contributed by atoms with van der Waals surface area (Å²) in [5.41, 5.74) is 6.29. The number of nitrogen functional groups attached to an aromatic ring is 1. The number of piperidine rings is 1. The first kappa shape index (κ1) is 20.0. The Hall–Kier alpha value is -2.32. The minimum Gasteiger partial charge on any atom is -0.381 e. The number of anilines is 3. The zero-order valence-corrected chi connectivity index (χ0v) is 17.1. The fourth-order valence-electron chi connectivity index (χ4n) is 4.03. The third-order valence-corrected chi connectivity index (χ3v) is 5.81. The van der Waals surface area contributed by atoms with Gasteiger partial charge >= 0.3 is 0 Å². The van der Waals surface area contributed by atoms with E-state index < -0.39 is 5.82 Å². The van der Waals surface area contributed by atoms with Crippen molar-refractivity contribution in [2.24, 2.45) is 0 Å². The molecule has 2 fully saturated rings. The van der Waals surface area contributed by atoms with Gasteiger partial charge < -0.3 is 20.9 Å². The number of halogens is 3. The SMILES string of the molecule is Nc1ncnc(N2CCCC(N3CC[C@@H](Nc4cc(Cl)cc(Cl)c4)C3=O)C2)c1F. The number of aromatic nitrogens is 2. The van der Waals surface area contributed by atoms with Crippen LogP contribution in [0.1, 0.15) is 19.3 Å². The van der Waals surface area contributed by atoms with Gasteiger partial charge in [0.25, 0.3) is 0 Å². The highest BCUT2D eigenvalue weighted by molar-refractivity contribution is 6.35. The third-order valence-electron chi connectivity index (χ3n) is 5.38. The zero-order chi connectivity index (χ0) is 20.5. The molecule has 2 aliphatic rings. The number of benzene rings is 1. The molecule has 10 heteroatoms. The number of carbonyl (C=O) groups is 1. The Morgan fingerprint density at radius 1 is 1.14 bits per heavy atom. The Labute approximate surface area is 178 Å². The summed E-state index contributed by atoms with van der Waals surface area (Å²) in [6.45, 7) is 1.81. The number of hydrogen-bond donors (Lipinski definition) is 2. The molecule has 1 aromatic heterocycles. The number of nitrogens with one attached hydrogen (secondary N) is 1. The number of nitrogens with zero attached hydrogens (tertiary/aromatic N) is 4. The van der Waals surface area contributed by atoms with Gasteiger partial charge in [0.2, 0.25) is 11.7 Å². The molecule has 3 N–H and O–H groups in total. The Balaban J connectivity index is 1.45. The summed E-state index contributed by atoms with van der Waals surface area (Å²) < 4.78 is 14.3. The van der Waals surface area contributed by atoms with Gasteiger partial charge in [-0.2, -0.15) is 4.39 Å². The van der Waals surface area contributed by atoms with Crippen molar-refractivity contribution in [3.63, 3.8) is 0 Å². The van der Waals surface area contributed by atoms with Crippen molar-refractivity contribution in [1.29, 1.82) is 0 Å². The van der Waals surface area contributed by atoms with Gasteiger partial charge in [0, 0.05) is 41.4 Å². The highest BCUT2D eigenvalue weighted by Gasteiger charge is 2.38. The summed E-state index contributed by atoms with van der Waals surface area (Å²) >= 11 is 12.1. The van der Waals surface area contributed by atoms with E-state index in [9.17, 15) is 9.18 Å². The highest BCUT2D eigenvalue weighted by atomic mass is 35.5. The van der Waals surface area contributed by atoms with Crippen LogP contribution in [0.3, 0.4) is 0 Å². The van der Waals surface area contributed by atoms with Gasteiger partial charge in [-0.25, -0.2) is 9.97 Å². The van der Waals surface area contributed by atoms with E-state index in [0.29, 0.717) is 41.8 Å². The van der Waals surface area contributed by atoms with Crippen molar-refractivity contribution in [2.45, 2.75) is 31.3 Å². The quantitative estimate of drug-likeness (QED) is 0.761. The fraction of sp³-hybridized carbons (Fsp3) is 0.421. The number of nitrogens with two attached hydrogens (primary N) is 1. The predicted molar refractivity (Wildman–Crippen MR) is 112 cm³/mol. The van der Waals surface area contributed by atoms with Crippen LogP contribution in [0.2, 0.25) is 10.0 Å². The van der Waals surface area contributed by atoms with E-state index in [0.717, 1.165) is 12.8 Å². The monoisotopic (exact) mass is 438 g/mol. The first-order chi connectivity index (χ1) is 13.9. The van der Waals surface area contributed by atoms with Gasteiger partial charge in [0.05, 0.1) is 0 Å². The summed E-state index contributed by atoms with van der Waals surface area (Å²) in [5.74, 6) is -0.565. The van der Waals surface area contributed by atoms with E-state index in [-0.39, 0.29) is 29.6 Å². The Morgan fingerprint density at radius 2 is 1.90 bits per heavy atom. The smallest absolute Gasteiger partial charge is 0.245 e. The maximum absolute atomic E-state index is 14.3. The molecule has 2 atom stereocenters. The van der Waals surface area contributed by atoms with Gasteiger partial charge in [0.15, 0.2) is 11.6 Å². The summed E-state index contributed by atoms with van der Waals surface area (Å²) in [6, 6.07) is 4.78. The predicted octanol–water partition coefficient (Wildman–Crippen LogP) is 3.19. The lowest BCUT2D eigenvalue weighted by Gasteiger charge is -2.38. The van der Waals surface area contributed by atoms with Crippen molar-refractivity contribution in [2.75, 3.05) is 35.6 Å². The van der Waals surface area contributed by atoms with Crippen molar-refractivity contribution in [3.05, 3.63) is 40.4 Å². The normalized spacial score (nSPS) is 22.2. The lowest BCUT2D eigenvalue weighted by Crippen LogP contribution is -2.50. The van der Waals surface area contributed by atoms with Crippen LogP contribution in [-0.2, 0) is 4.79 Å². The van der Waals surface area contributed by atoms with Crippen molar-refractivity contribution < 1.29 is 9.18 Å². The largest absolute Gasteiger partial charge is 0.381 e. The van der Waals surface area contributed by atoms with E-state index in [4.69, 9.17) is 28.9 Å². The average molecular weight is 439 g/mol. The van der Waals surface area contributed by atoms with E-state index in [2.05, 4.69) is 15.3 Å². The molecule has 0 saturated carbocycles. The van der Waals surface area contributed by atoms with Crippen LogP contribution in [-0.4, -0.2) is 52.5 Å². The lowest BCUT2D eigenvalue weighted by molar-refractivity contribution is -0.130. The molecule has 0 radical (unpaired) electrons. The number of carbonyl (C=O) groups excluding carboxylic acids is 1. The van der Waals surface area contributed by atoms with Crippen LogP contribution < -0.4 is 16.0 Å². The molecule has 2 saturated heterocycles. The van der Waals surface area contributed by atoms with Gasteiger partial charge in [-0.3, -0.25) is 4.79 Å². The molecular formula is C19H21Cl2FN6O. The van der Waals surface area contributed by atoms with E-state index in [1.165, 1.54) is 6.33 Å². The molecule has 0 aliphatic carbocycles. The molecule has 7 nitrogen and oxygen atoms in total. The summed E-state index contributed by atoms with van der Waals surface area (Å²) in [4.78, 5) is 24.4. The van der Waals surface area contributed by atoms with Gasteiger partial charge in [0.1, 0.15) is 12.4 Å². The van der Waals surface area contributed by atoms with Crippen molar-refractivity contribution in [1.82, 2.24) is 14.9 Å². The maximum atomic E-state index is 14.3. The maximum Gasteiger partial charge on any atom is 0.245 e. The first-order valence-corrected chi connectivity index (χ1v) is 10.2. The van der Waals surface area contributed by atoms with Gasteiger partial charge in [-0.15, -0.1) is 0 Å². The van der Waals surface area contributed by atoms with Crippen LogP contribution in [0.4, 0.5) is 21.7 Å². The van der Waals surface area contributed by atoms with E-state index in [1.807, 2.05) is 9.80 Å². The molecule has 4 rings (SSSR count). The molecule has 0 bridgehead atoms. The van der Waals surface area contributed by atoms with Crippen LogP contribution >= 0.6 is 23.2 Å². The van der Waals surface area contributed by atoms with Crippen molar-refractivity contribution in [3.8, 4) is 0 Å². The molecule has 154 valence electrons. The number of amides is 1. The number of hydrogen-bond acceptors (Lipinski definition) is 6. The zero-order valence-electron chi connectivity index (χ0n) is 15.6. The molecular weight excluding hydrogens is 418 g/mol. The molecule has 2 aliphatic heterocycles. The topological polar surface area (TPSA) is 87.4 Å². The summed E-state index contributed by atoms with van der Waals surface area (Å²) in [7, 11) is 0. The Bertz CT molecular complexity index is 909. The molecule has 3 heterocycles. The minimum atomic E-state index is -0.613. The van der Waals surface area contributed by atoms with Crippen LogP contribution in [0.25, 0.3) is 0 Å². The van der Waals surface area contributed by atoms with Gasteiger partial charge in [-0.1, -0.05) is 23.2 Å². The molecule has 2 aromatic rings. The number of likely N-dealkylation sites (tertiary alicyclic amines) is 1. The fourth-order valence-corrected chi connectivity index (χ4v) is 4.56. The summed E-state index contributed by atoms with van der Waals surface area (Å²) in [5, 5.41) is 4.25. The number of rotatable bonds is 4. The molecule has 0 spiro atoms. The Morgan fingerprint density at radius 3 is 2.66 bits per heavy atom. The molecule has 1 unspecified atom stereocenters. The second kappa shape index (κ2) is 8.20.